The topological polar surface area (TPSA) is 25.8 Å². The van der Waals surface area contributed by atoms with Crippen molar-refractivity contribution in [2.24, 2.45) is 0 Å². The summed E-state index contributed by atoms with van der Waals surface area (Å²) in [5.74, 6) is 0.723. The fourth-order valence-corrected chi connectivity index (χ4v) is 8.62. The van der Waals surface area contributed by atoms with Crippen molar-refractivity contribution in [3.05, 3.63) is 194 Å². The van der Waals surface area contributed by atoms with Crippen LogP contribution in [-0.2, 0) is 0 Å². The van der Waals surface area contributed by atoms with Gasteiger partial charge in [-0.1, -0.05) is 158 Å². The van der Waals surface area contributed by atoms with Gasteiger partial charge in [0, 0.05) is 36.7 Å². The van der Waals surface area contributed by atoms with Crippen LogP contribution in [0, 0.1) is 0 Å². The largest absolute Gasteiger partial charge is 0.227 e. The van der Waals surface area contributed by atoms with Crippen LogP contribution in [0.25, 0.3) is 98.2 Å². The van der Waals surface area contributed by atoms with Gasteiger partial charge in [-0.25, -0.2) is 9.97 Å². The van der Waals surface area contributed by atoms with Gasteiger partial charge in [-0.15, -0.1) is 11.3 Å². The highest BCUT2D eigenvalue weighted by Crippen LogP contribution is 2.41. The summed E-state index contributed by atoms with van der Waals surface area (Å²) in [6.07, 6.45) is 0. The van der Waals surface area contributed by atoms with Crippen LogP contribution >= 0.6 is 11.3 Å². The lowest BCUT2D eigenvalue weighted by Crippen LogP contribution is -1.96. The number of benzene rings is 8. The average Bonchev–Trinajstić information content (AvgIpc) is 3.63. The number of thiophene rings is 1. The average molecular weight is 693 g/mol. The molecule has 0 fully saturated rings. The maximum Gasteiger partial charge on any atom is 0.160 e. The molecule has 10 rings (SSSR count). The Kier molecular flexibility index (Phi) is 7.71. The van der Waals surface area contributed by atoms with Crippen molar-refractivity contribution in [1.82, 2.24) is 9.97 Å². The molecule has 0 atom stereocenters. The number of rotatable bonds is 6. The monoisotopic (exact) mass is 692 g/mol. The first-order chi connectivity index (χ1) is 26.3. The summed E-state index contributed by atoms with van der Waals surface area (Å²) in [5.41, 5.74) is 13.5. The van der Waals surface area contributed by atoms with E-state index in [9.17, 15) is 0 Å². The Hall–Kier alpha value is -6.68. The molecule has 2 aromatic heterocycles. The normalized spacial score (nSPS) is 11.4. The van der Waals surface area contributed by atoms with Crippen LogP contribution in [0.1, 0.15) is 0 Å². The van der Waals surface area contributed by atoms with E-state index in [0.717, 1.165) is 44.7 Å². The van der Waals surface area contributed by atoms with Crippen molar-refractivity contribution in [3.63, 3.8) is 0 Å². The summed E-state index contributed by atoms with van der Waals surface area (Å²) in [7, 11) is 0. The van der Waals surface area contributed by atoms with Crippen molar-refractivity contribution in [1.29, 1.82) is 0 Å². The van der Waals surface area contributed by atoms with E-state index in [1.807, 2.05) is 11.3 Å². The Balaban J connectivity index is 1.10. The minimum atomic E-state index is 0.723. The summed E-state index contributed by atoms with van der Waals surface area (Å²) >= 11 is 1.82. The minimum Gasteiger partial charge on any atom is -0.227 e. The molecule has 0 spiro atoms. The lowest BCUT2D eigenvalue weighted by Gasteiger charge is -2.14. The predicted molar refractivity (Wildman–Crippen MR) is 225 cm³/mol. The molecule has 2 heterocycles. The summed E-state index contributed by atoms with van der Waals surface area (Å²) in [6.45, 7) is 0. The van der Waals surface area contributed by atoms with E-state index in [0.29, 0.717) is 0 Å². The second-order valence-electron chi connectivity index (χ2n) is 13.3. The molecule has 0 bridgehead atoms. The third kappa shape index (κ3) is 5.68. The number of hydrogen-bond acceptors (Lipinski definition) is 3. The van der Waals surface area contributed by atoms with Crippen LogP contribution in [0.4, 0.5) is 0 Å². The Morgan fingerprint density at radius 2 is 0.868 bits per heavy atom. The molecule has 0 unspecified atom stereocenters. The van der Waals surface area contributed by atoms with Gasteiger partial charge in [0.2, 0.25) is 0 Å². The van der Waals surface area contributed by atoms with E-state index >= 15 is 0 Å². The highest BCUT2D eigenvalue weighted by Gasteiger charge is 2.17. The molecule has 8 aromatic carbocycles. The van der Waals surface area contributed by atoms with Crippen LogP contribution in [0.2, 0.25) is 0 Å². The van der Waals surface area contributed by atoms with Gasteiger partial charge in [-0.2, -0.15) is 0 Å². The van der Waals surface area contributed by atoms with Crippen molar-refractivity contribution < 1.29 is 0 Å². The second-order valence-corrected chi connectivity index (χ2v) is 14.4. The van der Waals surface area contributed by atoms with Crippen molar-refractivity contribution in [2.75, 3.05) is 0 Å². The zero-order chi connectivity index (χ0) is 35.1. The van der Waals surface area contributed by atoms with Gasteiger partial charge in [0.1, 0.15) is 0 Å². The van der Waals surface area contributed by atoms with Gasteiger partial charge >= 0.3 is 0 Å². The Morgan fingerprint density at radius 1 is 0.321 bits per heavy atom. The molecular weight excluding hydrogens is 661 g/mol. The number of aromatic nitrogens is 2. The predicted octanol–water partition coefficient (Wildman–Crippen LogP) is 14.0. The third-order valence-electron chi connectivity index (χ3n) is 10.1. The van der Waals surface area contributed by atoms with Crippen LogP contribution in [-0.4, -0.2) is 9.97 Å². The number of fused-ring (bicyclic) bond motifs is 5. The number of nitrogens with zero attached hydrogens (tertiary/aromatic N) is 2. The molecular formula is C50H32N2S. The lowest BCUT2D eigenvalue weighted by molar-refractivity contribution is 1.23. The number of hydrogen-bond donors (Lipinski definition) is 0. The standard InChI is InChI=1S/C50H32N2S/c1-4-14-33(15-5-1)41-27-26-39(32-44(41)34-16-6-2-7-17-34)37-21-12-20-36(30-37)38-22-13-23-40(31-38)50-51-48(35-18-8-3-9-19-35)43-28-29-46-47(49(43)52-50)42-24-10-11-25-45(42)53-46/h1-32H. The summed E-state index contributed by atoms with van der Waals surface area (Å²) < 4.78 is 2.50. The van der Waals surface area contributed by atoms with Gasteiger partial charge < -0.3 is 0 Å². The maximum absolute atomic E-state index is 5.35. The first-order valence-corrected chi connectivity index (χ1v) is 18.7. The smallest absolute Gasteiger partial charge is 0.160 e. The van der Waals surface area contributed by atoms with Gasteiger partial charge in [0.05, 0.1) is 11.2 Å². The first-order valence-electron chi connectivity index (χ1n) is 17.9. The molecule has 3 heteroatoms. The Morgan fingerprint density at radius 3 is 1.57 bits per heavy atom. The van der Waals surface area contributed by atoms with E-state index < -0.39 is 0 Å². The van der Waals surface area contributed by atoms with Gasteiger partial charge in [-0.3, -0.25) is 0 Å². The fraction of sp³-hybridized carbons (Fsp3) is 0. The Bertz CT molecular complexity index is 2930. The van der Waals surface area contributed by atoms with Crippen molar-refractivity contribution in [3.8, 4) is 67.2 Å². The highest BCUT2D eigenvalue weighted by molar-refractivity contribution is 7.26. The minimum absolute atomic E-state index is 0.723. The highest BCUT2D eigenvalue weighted by atomic mass is 32.1. The molecule has 0 radical (unpaired) electrons. The zero-order valence-electron chi connectivity index (χ0n) is 28.8. The van der Waals surface area contributed by atoms with Crippen molar-refractivity contribution >= 4 is 42.4 Å². The SMILES string of the molecule is c1ccc(-c2ccc(-c3cccc(-c4cccc(-c5nc(-c6ccccc6)c6ccc7sc8ccccc8c7c6n5)c4)c3)cc2-c2ccccc2)cc1. The molecule has 0 aliphatic carbocycles. The van der Waals surface area contributed by atoms with Crippen LogP contribution in [0.15, 0.2) is 194 Å². The third-order valence-corrected chi connectivity index (χ3v) is 11.2. The van der Waals surface area contributed by atoms with Gasteiger partial charge in [-0.05, 0) is 80.9 Å². The molecule has 10 aromatic rings. The van der Waals surface area contributed by atoms with Gasteiger partial charge in [0.25, 0.3) is 0 Å². The van der Waals surface area contributed by atoms with Crippen LogP contribution in [0.3, 0.4) is 0 Å². The molecule has 248 valence electrons. The zero-order valence-corrected chi connectivity index (χ0v) is 29.6. The van der Waals surface area contributed by atoms with E-state index in [2.05, 4.69) is 194 Å². The van der Waals surface area contributed by atoms with Crippen LogP contribution in [0.5, 0.6) is 0 Å². The van der Waals surface area contributed by atoms with E-state index in [4.69, 9.17) is 9.97 Å². The van der Waals surface area contributed by atoms with E-state index in [1.54, 1.807) is 0 Å². The molecule has 2 nitrogen and oxygen atoms in total. The summed E-state index contributed by atoms with van der Waals surface area (Å²) in [4.78, 5) is 10.6. The second kappa shape index (κ2) is 13.1. The summed E-state index contributed by atoms with van der Waals surface area (Å²) in [5, 5.41) is 3.49. The quantitative estimate of drug-likeness (QED) is 0.173. The maximum atomic E-state index is 5.35. The molecule has 0 aliphatic heterocycles. The molecule has 53 heavy (non-hydrogen) atoms. The summed E-state index contributed by atoms with van der Waals surface area (Å²) in [6, 6.07) is 69.2. The van der Waals surface area contributed by atoms with Gasteiger partial charge in [0.15, 0.2) is 5.82 Å². The molecule has 0 N–H and O–H groups in total. The molecule has 0 saturated carbocycles. The lowest BCUT2D eigenvalue weighted by atomic mass is 9.90. The molecule has 0 amide bonds. The molecule has 0 aliphatic rings. The first kappa shape index (κ1) is 31.1. The van der Waals surface area contributed by atoms with E-state index in [1.165, 1.54) is 53.6 Å². The Labute approximate surface area is 312 Å². The van der Waals surface area contributed by atoms with Crippen LogP contribution < -0.4 is 0 Å². The molecule has 0 saturated heterocycles. The fourth-order valence-electron chi connectivity index (χ4n) is 7.51. The van der Waals surface area contributed by atoms with Crippen molar-refractivity contribution in [2.45, 2.75) is 0 Å². The van der Waals surface area contributed by atoms with E-state index in [-0.39, 0.29) is 0 Å².